The van der Waals surface area contributed by atoms with Crippen LogP contribution in [0.2, 0.25) is 0 Å². The summed E-state index contributed by atoms with van der Waals surface area (Å²) in [4.78, 5) is 22.8. The quantitative estimate of drug-likeness (QED) is 0.505. The maximum Gasteiger partial charge on any atom is 0.290 e. The summed E-state index contributed by atoms with van der Waals surface area (Å²) in [6.07, 6.45) is 11.6. The number of hydrogen-bond acceptors (Lipinski definition) is 3. The molecule has 4 heteroatoms. The van der Waals surface area contributed by atoms with Crippen molar-refractivity contribution in [3.63, 3.8) is 0 Å². The summed E-state index contributed by atoms with van der Waals surface area (Å²) < 4.78 is 0. The topological polar surface area (TPSA) is 46.2 Å². The number of imide groups is 1. The van der Waals surface area contributed by atoms with Crippen LogP contribution >= 0.6 is 11.8 Å². The molecular formula is C16H27NO2S. The fourth-order valence-corrected chi connectivity index (χ4v) is 2.89. The Kier molecular flexibility index (Phi) is 7.35. The lowest BCUT2D eigenvalue weighted by Gasteiger charge is -2.17. The van der Waals surface area contributed by atoms with Crippen molar-refractivity contribution in [1.29, 1.82) is 0 Å². The standard InChI is InChI=1S/C16H27NO2S/c1-16(2,3)12-10-8-6-4-5-7-9-11-13-14(18)17-15(19)20-13/h11H,4-10,12H2,1-3H3,(H,17,18,19)/b13-11-. The van der Waals surface area contributed by atoms with Gasteiger partial charge in [-0.1, -0.05) is 59.0 Å². The van der Waals surface area contributed by atoms with E-state index in [4.69, 9.17) is 0 Å². The second kappa shape index (κ2) is 8.50. The van der Waals surface area contributed by atoms with Crippen LogP contribution in [0.5, 0.6) is 0 Å². The molecule has 0 aromatic heterocycles. The van der Waals surface area contributed by atoms with Crippen LogP contribution in [0.4, 0.5) is 4.79 Å². The van der Waals surface area contributed by atoms with Crippen LogP contribution in [0, 0.1) is 5.41 Å². The van der Waals surface area contributed by atoms with Crippen molar-refractivity contribution in [3.05, 3.63) is 11.0 Å². The van der Waals surface area contributed by atoms with Crippen LogP contribution in [0.15, 0.2) is 11.0 Å². The SMILES string of the molecule is CC(C)(C)CCCCCCCC/C=C1\SC(=O)NC1=O. The molecule has 20 heavy (non-hydrogen) atoms. The molecule has 0 aliphatic carbocycles. The minimum Gasteiger partial charge on any atom is -0.282 e. The Balaban J connectivity index is 1.96. The summed E-state index contributed by atoms with van der Waals surface area (Å²) in [5, 5.41) is 2.02. The lowest BCUT2D eigenvalue weighted by molar-refractivity contribution is -0.115. The third-order valence-electron chi connectivity index (χ3n) is 3.35. The average molecular weight is 297 g/mol. The molecule has 0 radical (unpaired) electrons. The highest BCUT2D eigenvalue weighted by atomic mass is 32.2. The molecule has 0 aromatic rings. The van der Waals surface area contributed by atoms with E-state index in [1.54, 1.807) is 0 Å². The molecule has 0 aromatic carbocycles. The Labute approximate surface area is 127 Å². The van der Waals surface area contributed by atoms with E-state index >= 15 is 0 Å². The minimum atomic E-state index is -0.250. The molecule has 1 aliphatic heterocycles. The summed E-state index contributed by atoms with van der Waals surface area (Å²) in [6, 6.07) is 0. The predicted molar refractivity (Wildman–Crippen MR) is 85.6 cm³/mol. The third kappa shape index (κ3) is 7.73. The summed E-state index contributed by atoms with van der Waals surface area (Å²) in [5.41, 5.74) is 0.461. The van der Waals surface area contributed by atoms with Crippen LogP contribution in [-0.2, 0) is 4.79 Å². The van der Waals surface area contributed by atoms with Crippen LogP contribution in [0.3, 0.4) is 0 Å². The molecule has 0 saturated carbocycles. The first-order valence-electron chi connectivity index (χ1n) is 7.62. The van der Waals surface area contributed by atoms with E-state index in [9.17, 15) is 9.59 Å². The molecule has 1 aliphatic rings. The van der Waals surface area contributed by atoms with Gasteiger partial charge in [-0.3, -0.25) is 14.9 Å². The number of amides is 2. The van der Waals surface area contributed by atoms with Gasteiger partial charge in [0.25, 0.3) is 11.1 Å². The van der Waals surface area contributed by atoms with Crippen LogP contribution in [0.1, 0.15) is 72.1 Å². The molecule has 3 nitrogen and oxygen atoms in total. The normalized spacial score (nSPS) is 17.9. The molecule has 114 valence electrons. The number of nitrogens with one attached hydrogen (secondary N) is 1. The lowest BCUT2D eigenvalue weighted by Crippen LogP contribution is -2.17. The van der Waals surface area contributed by atoms with Crippen molar-refractivity contribution in [2.75, 3.05) is 0 Å². The molecule has 1 heterocycles. The van der Waals surface area contributed by atoms with E-state index in [0.29, 0.717) is 10.3 Å². The van der Waals surface area contributed by atoms with Crippen molar-refractivity contribution < 1.29 is 9.59 Å². The largest absolute Gasteiger partial charge is 0.290 e. The number of unbranched alkanes of at least 4 members (excludes halogenated alkanes) is 6. The fraction of sp³-hybridized carbons (Fsp3) is 0.750. The van der Waals surface area contributed by atoms with E-state index in [0.717, 1.165) is 24.6 Å². The highest BCUT2D eigenvalue weighted by molar-refractivity contribution is 8.18. The highest BCUT2D eigenvalue weighted by Crippen LogP contribution is 2.24. The van der Waals surface area contributed by atoms with Gasteiger partial charge in [0, 0.05) is 0 Å². The molecule has 0 spiro atoms. The molecule has 1 N–H and O–H groups in total. The zero-order valence-electron chi connectivity index (χ0n) is 13.0. The number of carbonyl (C=O) groups excluding carboxylic acids is 2. The number of hydrogen-bond donors (Lipinski definition) is 1. The van der Waals surface area contributed by atoms with Gasteiger partial charge >= 0.3 is 0 Å². The number of rotatable bonds is 8. The van der Waals surface area contributed by atoms with E-state index < -0.39 is 0 Å². The van der Waals surface area contributed by atoms with Crippen LogP contribution in [-0.4, -0.2) is 11.1 Å². The Morgan fingerprint density at radius 2 is 1.60 bits per heavy atom. The second-order valence-corrected chi connectivity index (χ2v) is 7.65. The lowest BCUT2D eigenvalue weighted by atomic mass is 9.89. The van der Waals surface area contributed by atoms with Gasteiger partial charge in [0.1, 0.15) is 0 Å². The maximum atomic E-state index is 11.3. The van der Waals surface area contributed by atoms with Gasteiger partial charge < -0.3 is 0 Å². The molecule has 0 unspecified atom stereocenters. The van der Waals surface area contributed by atoms with Gasteiger partial charge in [0.05, 0.1) is 4.91 Å². The van der Waals surface area contributed by atoms with Gasteiger partial charge in [-0.2, -0.15) is 0 Å². The molecule has 1 fully saturated rings. The first-order chi connectivity index (χ1) is 9.38. The second-order valence-electron chi connectivity index (χ2n) is 6.63. The van der Waals surface area contributed by atoms with Crippen molar-refractivity contribution in [2.45, 2.75) is 72.1 Å². The molecule has 0 bridgehead atoms. The smallest absolute Gasteiger partial charge is 0.282 e. The van der Waals surface area contributed by atoms with Crippen molar-refractivity contribution in [1.82, 2.24) is 5.32 Å². The van der Waals surface area contributed by atoms with E-state index in [-0.39, 0.29) is 11.1 Å². The van der Waals surface area contributed by atoms with E-state index in [2.05, 4.69) is 26.1 Å². The molecule has 2 amide bonds. The van der Waals surface area contributed by atoms with Crippen LogP contribution in [0.25, 0.3) is 0 Å². The van der Waals surface area contributed by atoms with Gasteiger partial charge in [0.2, 0.25) is 0 Å². The molecule has 0 atom stereocenters. The van der Waals surface area contributed by atoms with Gasteiger partial charge in [0.15, 0.2) is 0 Å². The van der Waals surface area contributed by atoms with E-state index in [1.807, 2.05) is 6.08 Å². The molecule has 1 saturated heterocycles. The van der Waals surface area contributed by atoms with Crippen molar-refractivity contribution in [3.8, 4) is 0 Å². The summed E-state index contributed by atoms with van der Waals surface area (Å²) in [6.45, 7) is 6.88. The number of thioether (sulfide) groups is 1. The van der Waals surface area contributed by atoms with Gasteiger partial charge in [-0.25, -0.2) is 0 Å². The van der Waals surface area contributed by atoms with Crippen LogP contribution < -0.4 is 5.32 Å². The predicted octanol–water partition coefficient (Wildman–Crippen LogP) is 5.02. The fourth-order valence-electron chi connectivity index (χ4n) is 2.20. The molecular weight excluding hydrogens is 270 g/mol. The summed E-state index contributed by atoms with van der Waals surface area (Å²) in [7, 11) is 0. The zero-order chi connectivity index (χ0) is 15.0. The van der Waals surface area contributed by atoms with E-state index in [1.165, 1.54) is 38.5 Å². The number of allylic oxidation sites excluding steroid dienone is 1. The number of carbonyl (C=O) groups is 2. The summed E-state index contributed by atoms with van der Waals surface area (Å²) in [5.74, 6) is -0.234. The highest BCUT2D eigenvalue weighted by Gasteiger charge is 2.24. The first-order valence-corrected chi connectivity index (χ1v) is 8.43. The zero-order valence-corrected chi connectivity index (χ0v) is 13.8. The molecule has 1 rings (SSSR count). The van der Waals surface area contributed by atoms with Crippen molar-refractivity contribution in [2.24, 2.45) is 5.41 Å². The van der Waals surface area contributed by atoms with Gasteiger partial charge in [-0.05, 0) is 36.4 Å². The first kappa shape index (κ1) is 17.3. The minimum absolute atomic E-state index is 0.234. The maximum absolute atomic E-state index is 11.3. The Morgan fingerprint density at radius 1 is 1.00 bits per heavy atom. The van der Waals surface area contributed by atoms with Gasteiger partial charge in [-0.15, -0.1) is 0 Å². The average Bonchev–Trinajstić information content (AvgIpc) is 2.64. The van der Waals surface area contributed by atoms with Crippen molar-refractivity contribution >= 4 is 22.9 Å². The Morgan fingerprint density at radius 3 is 2.15 bits per heavy atom. The monoisotopic (exact) mass is 297 g/mol. The Hall–Kier alpha value is -0.770. The third-order valence-corrected chi connectivity index (χ3v) is 4.21. The summed E-state index contributed by atoms with van der Waals surface area (Å²) >= 11 is 1.01. The Bertz CT molecular complexity index is 369.